The minimum atomic E-state index is -0.355. The number of nitrogens with zero attached hydrogens (tertiary/aromatic N) is 2. The number of amides is 2. The molecular formula is C20H20N4O. The van der Waals surface area contributed by atoms with Crippen molar-refractivity contribution >= 4 is 28.8 Å². The Hall–Kier alpha value is -3.21. The number of allylic oxidation sites excluding steroid dienone is 2. The van der Waals surface area contributed by atoms with Crippen molar-refractivity contribution in [3.05, 3.63) is 72.3 Å². The van der Waals surface area contributed by atoms with Gasteiger partial charge in [0.2, 0.25) is 0 Å². The number of hydrogen-bond acceptors (Lipinski definition) is 3. The molecule has 25 heavy (non-hydrogen) atoms. The highest BCUT2D eigenvalue weighted by Crippen LogP contribution is 2.11. The summed E-state index contributed by atoms with van der Waals surface area (Å²) in [5.74, 6) is 0. The summed E-state index contributed by atoms with van der Waals surface area (Å²) in [7, 11) is 0. The Morgan fingerprint density at radius 1 is 0.880 bits per heavy atom. The molecule has 0 bridgehead atoms. The Kier molecular flexibility index (Phi) is 5.36. The molecule has 2 N–H and O–H groups in total. The van der Waals surface area contributed by atoms with Crippen LogP contribution < -0.4 is 10.7 Å². The summed E-state index contributed by atoms with van der Waals surface area (Å²) < 4.78 is 0. The second-order valence-electron chi connectivity index (χ2n) is 5.81. The molecule has 0 unspecified atom stereocenters. The highest BCUT2D eigenvalue weighted by molar-refractivity contribution is 6.13. The summed E-state index contributed by atoms with van der Waals surface area (Å²) in [6.45, 7) is 2.00. The van der Waals surface area contributed by atoms with E-state index in [1.165, 1.54) is 0 Å². The summed E-state index contributed by atoms with van der Waals surface area (Å²) in [5.41, 5.74) is 7.55. The number of nitrogens with one attached hydrogen (secondary N) is 2. The van der Waals surface area contributed by atoms with Crippen molar-refractivity contribution in [3.63, 3.8) is 0 Å². The average Bonchev–Trinajstić information content (AvgIpc) is 2.64. The first-order valence-electron chi connectivity index (χ1n) is 8.20. The zero-order chi connectivity index (χ0) is 17.5. The van der Waals surface area contributed by atoms with E-state index in [0.29, 0.717) is 6.42 Å². The van der Waals surface area contributed by atoms with E-state index in [0.717, 1.165) is 34.8 Å². The van der Waals surface area contributed by atoms with Crippen LogP contribution in [0.25, 0.3) is 0 Å². The van der Waals surface area contributed by atoms with Gasteiger partial charge in [-0.15, -0.1) is 0 Å². The maximum Gasteiger partial charge on any atom is 0.345 e. The number of anilines is 2. The fourth-order valence-corrected chi connectivity index (χ4v) is 2.37. The zero-order valence-electron chi connectivity index (χ0n) is 14.1. The normalized spacial score (nSPS) is 16.8. The summed E-state index contributed by atoms with van der Waals surface area (Å²) in [6, 6.07) is 17.1. The quantitative estimate of drug-likeness (QED) is 0.794. The molecule has 0 spiro atoms. The number of hydrogen-bond donors (Lipinski definition) is 2. The molecule has 0 atom stereocenters. The Morgan fingerprint density at radius 2 is 1.56 bits per heavy atom. The Bertz CT molecular complexity index is 821. The molecule has 0 aliphatic heterocycles. The van der Waals surface area contributed by atoms with Crippen LogP contribution in [-0.4, -0.2) is 17.5 Å². The molecule has 3 rings (SSSR count). The molecule has 0 fully saturated rings. The van der Waals surface area contributed by atoms with Gasteiger partial charge in [-0.25, -0.2) is 4.79 Å². The van der Waals surface area contributed by atoms with Crippen LogP contribution in [0.4, 0.5) is 16.2 Å². The van der Waals surface area contributed by atoms with Crippen LogP contribution in [-0.2, 0) is 0 Å². The lowest BCUT2D eigenvalue weighted by Crippen LogP contribution is -2.13. The van der Waals surface area contributed by atoms with Gasteiger partial charge >= 0.3 is 6.03 Å². The van der Waals surface area contributed by atoms with Gasteiger partial charge in [0.15, 0.2) is 0 Å². The first-order valence-corrected chi connectivity index (χ1v) is 8.20. The van der Waals surface area contributed by atoms with Crippen molar-refractivity contribution in [2.75, 3.05) is 10.7 Å². The number of aliphatic imine (C=N–C) groups is 1. The second-order valence-corrected chi connectivity index (χ2v) is 5.81. The van der Waals surface area contributed by atoms with Crippen LogP contribution in [0.3, 0.4) is 0 Å². The van der Waals surface area contributed by atoms with Gasteiger partial charge in [0, 0.05) is 11.4 Å². The van der Waals surface area contributed by atoms with E-state index in [1.807, 2.05) is 73.7 Å². The summed E-state index contributed by atoms with van der Waals surface area (Å²) in [5, 5.41) is 7.14. The van der Waals surface area contributed by atoms with Gasteiger partial charge in [-0.3, -0.25) is 5.43 Å². The minimum absolute atomic E-state index is 0.355. The van der Waals surface area contributed by atoms with Crippen LogP contribution in [0.2, 0.25) is 0 Å². The van der Waals surface area contributed by atoms with E-state index in [1.54, 1.807) is 0 Å². The topological polar surface area (TPSA) is 65.8 Å². The summed E-state index contributed by atoms with van der Waals surface area (Å²) in [4.78, 5) is 16.1. The molecule has 0 aromatic heterocycles. The first kappa shape index (κ1) is 16.6. The maximum atomic E-state index is 12.0. The lowest BCUT2D eigenvalue weighted by Gasteiger charge is -2.10. The first-order chi connectivity index (χ1) is 12.2. The highest BCUT2D eigenvalue weighted by Gasteiger charge is 2.09. The number of carbonyl (C=O) groups excluding carboxylic acids is 1. The lowest BCUT2D eigenvalue weighted by molar-refractivity contribution is 0.259. The van der Waals surface area contributed by atoms with Gasteiger partial charge in [0.1, 0.15) is 0 Å². The number of urea groups is 1. The zero-order valence-corrected chi connectivity index (χ0v) is 14.1. The Balaban J connectivity index is 1.57. The van der Waals surface area contributed by atoms with Crippen LogP contribution in [0.1, 0.15) is 18.4 Å². The van der Waals surface area contributed by atoms with Crippen LogP contribution in [0.15, 0.2) is 76.8 Å². The number of benzene rings is 2. The van der Waals surface area contributed by atoms with Crippen molar-refractivity contribution in [1.82, 2.24) is 0 Å². The predicted molar refractivity (Wildman–Crippen MR) is 104 cm³/mol. The van der Waals surface area contributed by atoms with Crippen molar-refractivity contribution in [1.29, 1.82) is 0 Å². The lowest BCUT2D eigenvalue weighted by atomic mass is 10.0. The predicted octanol–water partition coefficient (Wildman–Crippen LogP) is 4.79. The standard InChI is InChI=1S/C20H20N4O/c1-15-7-9-16(10-8-15)21-20(25)22-17-11-13-19(14-12-17)24-23-18-5-3-2-4-6-18/h2-11,13,23H,12,14H2,1H3,(H,21,25). The maximum absolute atomic E-state index is 12.0. The number of aryl methyl sites for hydroxylation is 1. The van der Waals surface area contributed by atoms with Gasteiger partial charge < -0.3 is 5.32 Å². The van der Waals surface area contributed by atoms with E-state index in [9.17, 15) is 4.79 Å². The molecule has 2 aromatic rings. The third-order valence-corrected chi connectivity index (χ3v) is 3.76. The molecule has 5 heteroatoms. The highest BCUT2D eigenvalue weighted by atomic mass is 16.2. The molecule has 0 saturated carbocycles. The van der Waals surface area contributed by atoms with E-state index in [4.69, 9.17) is 0 Å². The Labute approximate surface area is 147 Å². The number of rotatable bonds is 3. The smallest absolute Gasteiger partial charge is 0.306 e. The van der Waals surface area contributed by atoms with Crippen LogP contribution >= 0.6 is 0 Å². The van der Waals surface area contributed by atoms with Gasteiger partial charge in [0.05, 0.1) is 11.4 Å². The van der Waals surface area contributed by atoms with Gasteiger partial charge in [-0.1, -0.05) is 35.9 Å². The summed E-state index contributed by atoms with van der Waals surface area (Å²) >= 11 is 0. The second kappa shape index (κ2) is 8.06. The van der Waals surface area contributed by atoms with Gasteiger partial charge in [-0.2, -0.15) is 10.1 Å². The molecule has 2 amide bonds. The van der Waals surface area contributed by atoms with Crippen LogP contribution in [0, 0.1) is 6.92 Å². The van der Waals surface area contributed by atoms with Crippen molar-refractivity contribution in [3.8, 4) is 0 Å². The number of hydrazone groups is 1. The monoisotopic (exact) mass is 332 g/mol. The van der Waals surface area contributed by atoms with Gasteiger partial charge in [-0.05, 0) is 56.2 Å². The van der Waals surface area contributed by atoms with E-state index >= 15 is 0 Å². The van der Waals surface area contributed by atoms with Crippen molar-refractivity contribution in [2.24, 2.45) is 10.1 Å². The fraction of sp³-hybridized carbons (Fsp3) is 0.150. The van der Waals surface area contributed by atoms with E-state index in [-0.39, 0.29) is 6.03 Å². The number of carbonyl (C=O) groups is 1. The van der Waals surface area contributed by atoms with E-state index < -0.39 is 0 Å². The minimum Gasteiger partial charge on any atom is -0.306 e. The van der Waals surface area contributed by atoms with E-state index in [2.05, 4.69) is 20.8 Å². The molecule has 0 saturated heterocycles. The molecule has 1 aliphatic carbocycles. The molecule has 0 radical (unpaired) electrons. The number of para-hydroxylation sites is 1. The van der Waals surface area contributed by atoms with Crippen molar-refractivity contribution < 1.29 is 4.79 Å². The molecule has 126 valence electrons. The van der Waals surface area contributed by atoms with Gasteiger partial charge in [0.25, 0.3) is 0 Å². The molecule has 0 heterocycles. The fourth-order valence-electron chi connectivity index (χ4n) is 2.37. The average molecular weight is 332 g/mol. The SMILES string of the molecule is Cc1ccc(NC(=O)N=C2C=CC(=NNc3ccccc3)CC2)cc1. The third-order valence-electron chi connectivity index (χ3n) is 3.76. The molecule has 2 aromatic carbocycles. The molecular weight excluding hydrogens is 312 g/mol. The Morgan fingerprint density at radius 3 is 2.24 bits per heavy atom. The molecule has 5 nitrogen and oxygen atoms in total. The third kappa shape index (κ3) is 5.14. The summed E-state index contributed by atoms with van der Waals surface area (Å²) in [6.07, 6.45) is 5.15. The largest absolute Gasteiger partial charge is 0.345 e. The van der Waals surface area contributed by atoms with Crippen LogP contribution in [0.5, 0.6) is 0 Å². The molecule has 1 aliphatic rings. The van der Waals surface area contributed by atoms with Crippen molar-refractivity contribution in [2.45, 2.75) is 19.8 Å².